The first-order valence-electron chi connectivity index (χ1n) is 4.25. The van der Waals surface area contributed by atoms with Crippen LogP contribution >= 0.6 is 0 Å². The molecule has 0 bridgehead atoms. The Morgan fingerprint density at radius 1 is 1.71 bits per heavy atom. The molecule has 5 nitrogen and oxygen atoms in total. The average molecular weight is 198 g/mol. The Morgan fingerprint density at radius 3 is 2.79 bits per heavy atom. The normalized spacial score (nSPS) is 11.6. The van der Waals surface area contributed by atoms with Crippen molar-refractivity contribution >= 4 is 5.97 Å². The molecule has 0 aliphatic heterocycles. The Bertz CT molecular complexity index is 331. The van der Waals surface area contributed by atoms with E-state index in [0.717, 1.165) is 0 Å². The van der Waals surface area contributed by atoms with Crippen LogP contribution in [0.25, 0.3) is 0 Å². The van der Waals surface area contributed by atoms with Crippen molar-refractivity contribution in [2.24, 2.45) is 0 Å². The lowest BCUT2D eigenvalue weighted by molar-refractivity contribution is 0.00536. The molecule has 1 aromatic heterocycles. The van der Waals surface area contributed by atoms with Gasteiger partial charge >= 0.3 is 5.97 Å². The minimum Gasteiger partial charge on any atom is -0.478 e. The number of aromatic carboxylic acids is 1. The summed E-state index contributed by atoms with van der Waals surface area (Å²) in [7, 11) is 1.61. The zero-order valence-corrected chi connectivity index (χ0v) is 8.52. The number of carboxylic acid groups (broad SMARTS) is 1. The van der Waals surface area contributed by atoms with Gasteiger partial charge in [-0.05, 0) is 13.8 Å². The van der Waals surface area contributed by atoms with Gasteiger partial charge in [0, 0.05) is 13.3 Å². The fourth-order valence-electron chi connectivity index (χ4n) is 1.02. The van der Waals surface area contributed by atoms with Gasteiger partial charge in [0.2, 0.25) is 0 Å². The maximum atomic E-state index is 10.6. The smallest absolute Gasteiger partial charge is 0.338 e. The number of aromatic nitrogens is 2. The molecule has 5 heteroatoms. The number of carbonyl (C=O) groups is 1. The third-order valence-electron chi connectivity index (χ3n) is 1.98. The lowest BCUT2D eigenvalue weighted by Crippen LogP contribution is -2.29. The van der Waals surface area contributed by atoms with Crippen molar-refractivity contribution in [3.05, 3.63) is 18.0 Å². The van der Waals surface area contributed by atoms with Gasteiger partial charge in [0.15, 0.2) is 0 Å². The van der Waals surface area contributed by atoms with Gasteiger partial charge in [0.25, 0.3) is 0 Å². The van der Waals surface area contributed by atoms with Crippen molar-refractivity contribution < 1.29 is 14.6 Å². The van der Waals surface area contributed by atoms with E-state index in [0.29, 0.717) is 6.54 Å². The van der Waals surface area contributed by atoms with Crippen LogP contribution in [0.5, 0.6) is 0 Å². The van der Waals surface area contributed by atoms with Crippen molar-refractivity contribution in [3.63, 3.8) is 0 Å². The van der Waals surface area contributed by atoms with E-state index in [4.69, 9.17) is 9.84 Å². The molecule has 0 aliphatic carbocycles. The highest BCUT2D eigenvalue weighted by atomic mass is 16.5. The molecule has 1 rings (SSSR count). The molecule has 0 atom stereocenters. The summed E-state index contributed by atoms with van der Waals surface area (Å²) in [5.41, 5.74) is -0.154. The fraction of sp³-hybridized carbons (Fsp3) is 0.556. The number of methoxy groups -OCH3 is 1. The second kappa shape index (κ2) is 3.79. The van der Waals surface area contributed by atoms with Gasteiger partial charge in [0.05, 0.1) is 23.9 Å². The van der Waals surface area contributed by atoms with Crippen LogP contribution in [-0.2, 0) is 11.3 Å². The first-order valence-corrected chi connectivity index (χ1v) is 4.25. The summed E-state index contributed by atoms with van der Waals surface area (Å²) < 4.78 is 6.77. The number of hydrogen-bond acceptors (Lipinski definition) is 3. The summed E-state index contributed by atoms with van der Waals surface area (Å²) in [6, 6.07) is 0. The first-order chi connectivity index (χ1) is 6.44. The van der Waals surface area contributed by atoms with Gasteiger partial charge in [-0.1, -0.05) is 0 Å². The molecule has 14 heavy (non-hydrogen) atoms. The van der Waals surface area contributed by atoms with Crippen molar-refractivity contribution in [1.82, 2.24) is 9.78 Å². The largest absolute Gasteiger partial charge is 0.478 e. The first kappa shape index (κ1) is 10.7. The number of nitrogens with zero attached hydrogens (tertiary/aromatic N) is 2. The van der Waals surface area contributed by atoms with E-state index < -0.39 is 5.97 Å². The van der Waals surface area contributed by atoms with Gasteiger partial charge in [-0.25, -0.2) is 4.79 Å². The SMILES string of the molecule is COC(C)(C)Cn1cc(C(=O)O)cn1. The van der Waals surface area contributed by atoms with E-state index >= 15 is 0 Å². The molecule has 0 saturated heterocycles. The molecule has 1 N–H and O–H groups in total. The van der Waals surface area contributed by atoms with E-state index in [2.05, 4.69) is 5.10 Å². The topological polar surface area (TPSA) is 64.3 Å². The zero-order chi connectivity index (χ0) is 10.8. The Labute approximate surface area is 82.3 Å². The molecule has 0 radical (unpaired) electrons. The highest BCUT2D eigenvalue weighted by molar-refractivity contribution is 5.86. The number of ether oxygens (including phenoxy) is 1. The third kappa shape index (κ3) is 2.56. The molecule has 0 amide bonds. The highest BCUT2D eigenvalue weighted by Crippen LogP contribution is 2.10. The summed E-state index contributed by atoms with van der Waals surface area (Å²) in [6.07, 6.45) is 2.82. The summed E-state index contributed by atoms with van der Waals surface area (Å²) in [4.78, 5) is 10.6. The van der Waals surface area contributed by atoms with E-state index in [1.165, 1.54) is 12.4 Å². The molecule has 78 valence electrons. The maximum absolute atomic E-state index is 10.6. The fourth-order valence-corrected chi connectivity index (χ4v) is 1.02. The second-order valence-corrected chi connectivity index (χ2v) is 3.70. The molecule has 0 fully saturated rings. The third-order valence-corrected chi connectivity index (χ3v) is 1.98. The summed E-state index contributed by atoms with van der Waals surface area (Å²) in [5.74, 6) is -0.966. The molecule has 0 aromatic carbocycles. The quantitative estimate of drug-likeness (QED) is 0.784. The van der Waals surface area contributed by atoms with Gasteiger partial charge < -0.3 is 9.84 Å². The maximum Gasteiger partial charge on any atom is 0.338 e. The minimum atomic E-state index is -0.966. The Balaban J connectivity index is 2.73. The van der Waals surface area contributed by atoms with Gasteiger partial charge in [-0.2, -0.15) is 5.10 Å². The van der Waals surface area contributed by atoms with Crippen LogP contribution in [0.15, 0.2) is 12.4 Å². The van der Waals surface area contributed by atoms with E-state index in [9.17, 15) is 4.79 Å². The zero-order valence-electron chi connectivity index (χ0n) is 8.52. The molecular formula is C9H14N2O3. The van der Waals surface area contributed by atoms with Crippen molar-refractivity contribution in [3.8, 4) is 0 Å². The molecule has 1 aromatic rings. The predicted molar refractivity (Wildman–Crippen MR) is 50.3 cm³/mol. The molecule has 0 aliphatic rings. The lowest BCUT2D eigenvalue weighted by atomic mass is 10.1. The molecular weight excluding hydrogens is 184 g/mol. The molecule has 0 saturated carbocycles. The van der Waals surface area contributed by atoms with Crippen LogP contribution in [0.2, 0.25) is 0 Å². The van der Waals surface area contributed by atoms with Crippen LogP contribution < -0.4 is 0 Å². The molecule has 0 spiro atoms. The summed E-state index contributed by atoms with van der Waals surface area (Å²) >= 11 is 0. The lowest BCUT2D eigenvalue weighted by Gasteiger charge is -2.22. The average Bonchev–Trinajstić information content (AvgIpc) is 2.52. The van der Waals surface area contributed by atoms with E-state index in [1.807, 2.05) is 13.8 Å². The van der Waals surface area contributed by atoms with Crippen LogP contribution in [-0.4, -0.2) is 33.6 Å². The summed E-state index contributed by atoms with van der Waals surface area (Å²) in [6.45, 7) is 4.35. The van der Waals surface area contributed by atoms with Crippen molar-refractivity contribution in [1.29, 1.82) is 0 Å². The number of carboxylic acids is 1. The van der Waals surface area contributed by atoms with Crippen molar-refractivity contribution in [2.75, 3.05) is 7.11 Å². The van der Waals surface area contributed by atoms with Crippen LogP contribution in [0.1, 0.15) is 24.2 Å². The Morgan fingerprint density at radius 2 is 2.36 bits per heavy atom. The van der Waals surface area contributed by atoms with Gasteiger partial charge in [-0.3, -0.25) is 4.68 Å². The minimum absolute atomic E-state index is 0.192. The molecule has 0 unspecified atom stereocenters. The Kier molecular flexibility index (Phi) is 2.90. The Hall–Kier alpha value is -1.36. The van der Waals surface area contributed by atoms with Crippen molar-refractivity contribution in [2.45, 2.75) is 26.0 Å². The highest BCUT2D eigenvalue weighted by Gasteiger charge is 2.18. The predicted octanol–water partition coefficient (Wildman–Crippen LogP) is 1.01. The van der Waals surface area contributed by atoms with E-state index in [1.54, 1.807) is 11.8 Å². The van der Waals surface area contributed by atoms with Gasteiger partial charge in [0.1, 0.15) is 0 Å². The van der Waals surface area contributed by atoms with Crippen LogP contribution in [0.4, 0.5) is 0 Å². The van der Waals surface area contributed by atoms with Crippen LogP contribution in [0.3, 0.4) is 0 Å². The summed E-state index contributed by atoms with van der Waals surface area (Å²) in [5, 5.41) is 12.6. The van der Waals surface area contributed by atoms with Gasteiger partial charge in [-0.15, -0.1) is 0 Å². The second-order valence-electron chi connectivity index (χ2n) is 3.70. The van der Waals surface area contributed by atoms with Crippen LogP contribution in [0, 0.1) is 0 Å². The standard InChI is InChI=1S/C9H14N2O3/c1-9(2,14-3)6-11-5-7(4-10-11)8(12)13/h4-5H,6H2,1-3H3,(H,12,13). The monoisotopic (exact) mass is 198 g/mol. The van der Waals surface area contributed by atoms with E-state index in [-0.39, 0.29) is 11.2 Å². The number of rotatable bonds is 4. The number of hydrogen-bond donors (Lipinski definition) is 1. The molecule has 1 heterocycles.